The topological polar surface area (TPSA) is 61.9 Å². The summed E-state index contributed by atoms with van der Waals surface area (Å²) < 4.78 is 14.3. The van der Waals surface area contributed by atoms with Crippen molar-refractivity contribution in [3.63, 3.8) is 0 Å². The summed E-state index contributed by atoms with van der Waals surface area (Å²) in [6.07, 6.45) is 3.19. The molecule has 5 nitrogen and oxygen atoms in total. The number of halogens is 2. The van der Waals surface area contributed by atoms with Gasteiger partial charge in [0, 0.05) is 39.6 Å². The summed E-state index contributed by atoms with van der Waals surface area (Å²) in [5.41, 5.74) is 3.22. The van der Waals surface area contributed by atoms with Crippen LogP contribution in [0.2, 0.25) is 5.02 Å². The molecule has 0 bridgehead atoms. The Kier molecular flexibility index (Phi) is 6.21. The van der Waals surface area contributed by atoms with Crippen LogP contribution in [-0.4, -0.2) is 34.8 Å². The van der Waals surface area contributed by atoms with Gasteiger partial charge in [0.15, 0.2) is 0 Å². The van der Waals surface area contributed by atoms with Crippen molar-refractivity contribution >= 4 is 40.7 Å². The Morgan fingerprint density at radius 1 is 1.03 bits per heavy atom. The van der Waals surface area contributed by atoms with Crippen molar-refractivity contribution < 1.29 is 9.18 Å². The molecule has 0 spiro atoms. The first-order valence-electron chi connectivity index (χ1n) is 10.8. The number of fused-ring (bicyclic) bond motifs is 2. The fourth-order valence-electron chi connectivity index (χ4n) is 4.09. The fraction of sp³-hybridized carbons (Fsp3) is 0.200. The number of carbonyl (C=O) groups is 1. The van der Waals surface area contributed by atoms with Gasteiger partial charge in [0.1, 0.15) is 5.82 Å². The molecule has 33 heavy (non-hydrogen) atoms. The minimum Gasteiger partial charge on any atom is -0.266 e. The van der Waals surface area contributed by atoms with Crippen molar-refractivity contribution in [3.8, 4) is 0 Å². The molecule has 2 aliphatic rings. The summed E-state index contributed by atoms with van der Waals surface area (Å²) in [7, 11) is 0. The normalized spacial score (nSPS) is 15.8. The molecule has 0 aliphatic carbocycles. The number of piperidine rings is 1. The molecule has 0 aromatic heterocycles. The molecule has 8 heteroatoms. The van der Waals surface area contributed by atoms with Gasteiger partial charge in [-0.2, -0.15) is 0 Å². The second-order valence-corrected chi connectivity index (χ2v) is 9.53. The minimum absolute atomic E-state index is 0.0599. The van der Waals surface area contributed by atoms with Crippen molar-refractivity contribution in [1.29, 1.82) is 0 Å². The Bertz CT molecular complexity index is 1260. The van der Waals surface area contributed by atoms with Gasteiger partial charge in [-0.3, -0.25) is 4.79 Å². The lowest BCUT2D eigenvalue weighted by atomic mass is 10.0. The minimum atomic E-state index is -0.504. The van der Waals surface area contributed by atoms with Crippen molar-refractivity contribution in [3.05, 3.63) is 88.2 Å². The van der Waals surface area contributed by atoms with Gasteiger partial charge in [-0.05, 0) is 49.2 Å². The molecule has 1 fully saturated rings. The molecule has 3 aromatic carbocycles. The highest BCUT2D eigenvalue weighted by Gasteiger charge is 2.24. The van der Waals surface area contributed by atoms with Crippen LogP contribution in [0.25, 0.3) is 0 Å². The number of nitrogens with two attached hydrogens (primary N) is 1. The zero-order chi connectivity index (χ0) is 22.9. The van der Waals surface area contributed by atoms with Crippen LogP contribution in [-0.2, 0) is 0 Å². The zero-order valence-corrected chi connectivity index (χ0v) is 19.4. The predicted octanol–water partition coefficient (Wildman–Crippen LogP) is 5.83. The molecule has 1 saturated heterocycles. The van der Waals surface area contributed by atoms with Gasteiger partial charge in [0.05, 0.1) is 16.4 Å². The van der Waals surface area contributed by atoms with Crippen molar-refractivity contribution in [2.45, 2.75) is 29.1 Å². The molecule has 2 aliphatic heterocycles. The van der Waals surface area contributed by atoms with E-state index in [2.05, 4.69) is 0 Å². The monoisotopic (exact) mass is 480 g/mol. The third-order valence-electron chi connectivity index (χ3n) is 5.84. The van der Waals surface area contributed by atoms with E-state index in [-0.39, 0.29) is 10.9 Å². The Balaban J connectivity index is 1.57. The Morgan fingerprint density at radius 2 is 1.82 bits per heavy atom. The van der Waals surface area contributed by atoms with Crippen LogP contribution in [0, 0.1) is 5.82 Å². The van der Waals surface area contributed by atoms with Gasteiger partial charge in [0.25, 0.3) is 5.91 Å². The van der Waals surface area contributed by atoms with E-state index in [4.69, 9.17) is 22.4 Å². The average Bonchev–Trinajstić information content (AvgIpc) is 3.01. The largest absolute Gasteiger partial charge is 0.282 e. The number of amides is 1. The first-order valence-corrected chi connectivity index (χ1v) is 12.0. The number of hydrogen-bond donors (Lipinski definition) is 1. The molecule has 0 saturated carbocycles. The molecule has 168 valence electrons. The van der Waals surface area contributed by atoms with E-state index in [0.29, 0.717) is 22.5 Å². The molecular weight excluding hydrogens is 459 g/mol. The van der Waals surface area contributed by atoms with Crippen molar-refractivity contribution in [1.82, 2.24) is 10.1 Å². The Hall–Kier alpha value is -2.71. The number of benzene rings is 3. The summed E-state index contributed by atoms with van der Waals surface area (Å²) in [4.78, 5) is 19.9. The highest BCUT2D eigenvalue weighted by atomic mass is 35.5. The van der Waals surface area contributed by atoms with Gasteiger partial charge < -0.3 is 0 Å². The highest BCUT2D eigenvalue weighted by molar-refractivity contribution is 7.99. The lowest BCUT2D eigenvalue weighted by molar-refractivity contribution is -0.0223. The summed E-state index contributed by atoms with van der Waals surface area (Å²) in [5.74, 6) is 5.38. The summed E-state index contributed by atoms with van der Waals surface area (Å²) in [6, 6.07) is 18.0. The van der Waals surface area contributed by atoms with Crippen LogP contribution in [0.5, 0.6) is 0 Å². The van der Waals surface area contributed by atoms with E-state index >= 15 is 0 Å². The standard InChI is InChI=1S/C25H22ClFN4OS/c26-19-10-8-16(14-20(19)27)24-18-6-2-3-7-22(18)33-23-11-9-17(15-21(23)29-24)25(32)31(28)30-12-4-1-5-13-30/h2-3,6-11,14-15H,1,4-5,12-13,28H2. The van der Waals surface area contributed by atoms with Gasteiger partial charge in [0.2, 0.25) is 0 Å². The number of carbonyl (C=O) groups excluding carboxylic acids is 1. The maximum absolute atomic E-state index is 14.3. The van der Waals surface area contributed by atoms with Gasteiger partial charge in [-0.25, -0.2) is 25.4 Å². The molecule has 0 radical (unpaired) electrons. The van der Waals surface area contributed by atoms with Crippen LogP contribution < -0.4 is 5.84 Å². The zero-order valence-electron chi connectivity index (χ0n) is 17.8. The predicted molar refractivity (Wildman–Crippen MR) is 129 cm³/mol. The lowest BCUT2D eigenvalue weighted by Crippen LogP contribution is -2.52. The number of hydrazine groups is 2. The van der Waals surface area contributed by atoms with Crippen molar-refractivity contribution in [2.24, 2.45) is 10.8 Å². The molecule has 0 atom stereocenters. The van der Waals surface area contributed by atoms with E-state index < -0.39 is 5.82 Å². The smallest absolute Gasteiger partial charge is 0.266 e. The van der Waals surface area contributed by atoms with E-state index in [0.717, 1.165) is 47.7 Å². The summed E-state index contributed by atoms with van der Waals surface area (Å²) >= 11 is 7.47. The van der Waals surface area contributed by atoms with Crippen LogP contribution in [0.3, 0.4) is 0 Å². The van der Waals surface area contributed by atoms with E-state index in [1.54, 1.807) is 30.0 Å². The van der Waals surface area contributed by atoms with E-state index in [1.165, 1.54) is 17.3 Å². The number of rotatable bonds is 3. The third-order valence-corrected chi connectivity index (χ3v) is 7.29. The molecule has 2 heterocycles. The quantitative estimate of drug-likeness (QED) is 0.228. The number of aliphatic imine (C=N–C) groups is 1. The number of nitrogens with zero attached hydrogens (tertiary/aromatic N) is 3. The van der Waals surface area contributed by atoms with Crippen LogP contribution in [0.15, 0.2) is 75.4 Å². The first-order chi connectivity index (χ1) is 16.0. The lowest BCUT2D eigenvalue weighted by Gasteiger charge is -2.33. The maximum Gasteiger partial charge on any atom is 0.282 e. The van der Waals surface area contributed by atoms with Crippen LogP contribution in [0.4, 0.5) is 10.1 Å². The van der Waals surface area contributed by atoms with E-state index in [1.807, 2.05) is 35.3 Å². The maximum atomic E-state index is 14.3. The fourth-order valence-corrected chi connectivity index (χ4v) is 5.21. The molecule has 1 amide bonds. The van der Waals surface area contributed by atoms with Crippen LogP contribution >= 0.6 is 23.4 Å². The number of hydrogen-bond acceptors (Lipinski definition) is 5. The SMILES string of the molecule is NN(C(=O)c1ccc2c(c1)N=C(c1ccc(Cl)c(F)c1)c1ccccc1S2)N1CCCCC1. The molecule has 5 rings (SSSR count). The van der Waals surface area contributed by atoms with Gasteiger partial charge >= 0.3 is 0 Å². The highest BCUT2D eigenvalue weighted by Crippen LogP contribution is 2.42. The van der Waals surface area contributed by atoms with E-state index in [9.17, 15) is 9.18 Å². The van der Waals surface area contributed by atoms with Gasteiger partial charge in [-0.15, -0.1) is 0 Å². The van der Waals surface area contributed by atoms with Crippen LogP contribution in [0.1, 0.15) is 40.7 Å². The van der Waals surface area contributed by atoms with Gasteiger partial charge in [-0.1, -0.05) is 54.0 Å². The average molecular weight is 481 g/mol. The molecule has 3 aromatic rings. The van der Waals surface area contributed by atoms with Crippen molar-refractivity contribution in [2.75, 3.05) is 13.1 Å². The molecule has 0 unspecified atom stereocenters. The first kappa shape index (κ1) is 22.1. The summed E-state index contributed by atoms with van der Waals surface area (Å²) in [5, 5.41) is 3.16. The Labute approximate surface area is 201 Å². The Morgan fingerprint density at radius 3 is 2.61 bits per heavy atom. The third kappa shape index (κ3) is 4.42. The second kappa shape index (κ2) is 9.27. The molecular formula is C25H22ClFN4OS. The summed E-state index contributed by atoms with van der Waals surface area (Å²) in [6.45, 7) is 1.53. The molecule has 2 N–H and O–H groups in total. The second-order valence-electron chi connectivity index (χ2n) is 8.03.